The van der Waals surface area contributed by atoms with Crippen LogP contribution in [0.2, 0.25) is 0 Å². The van der Waals surface area contributed by atoms with Crippen molar-refractivity contribution in [1.82, 2.24) is 5.32 Å². The standard InChI is InChI=1S/C15H23N3/c16-9-10-18-14-7-5-12(6-8-14)15-4-2-1-3-13(15)11-17/h1-3,12,14-15,18H,4-10,16H2. The fourth-order valence-electron chi connectivity index (χ4n) is 3.23. The van der Waals surface area contributed by atoms with Crippen LogP contribution in [0, 0.1) is 23.2 Å². The molecule has 3 N–H and O–H groups in total. The van der Waals surface area contributed by atoms with E-state index in [0.29, 0.717) is 24.4 Å². The van der Waals surface area contributed by atoms with Crippen LogP contribution >= 0.6 is 0 Å². The van der Waals surface area contributed by atoms with Gasteiger partial charge in [0, 0.05) is 30.6 Å². The first kappa shape index (κ1) is 13.3. The Hall–Kier alpha value is -1.11. The number of hydrogen-bond acceptors (Lipinski definition) is 3. The monoisotopic (exact) mass is 245 g/mol. The number of allylic oxidation sites excluding steroid dienone is 4. The number of nitrogens with one attached hydrogen (secondary N) is 1. The molecule has 3 nitrogen and oxygen atoms in total. The minimum Gasteiger partial charge on any atom is -0.329 e. The summed E-state index contributed by atoms with van der Waals surface area (Å²) in [7, 11) is 0. The zero-order chi connectivity index (χ0) is 12.8. The summed E-state index contributed by atoms with van der Waals surface area (Å²) in [4.78, 5) is 0. The fraction of sp³-hybridized carbons (Fsp3) is 0.667. The van der Waals surface area contributed by atoms with Crippen LogP contribution in [0.5, 0.6) is 0 Å². The average Bonchev–Trinajstić information content (AvgIpc) is 2.45. The highest BCUT2D eigenvalue weighted by Crippen LogP contribution is 2.37. The lowest BCUT2D eigenvalue weighted by atomic mass is 9.73. The van der Waals surface area contributed by atoms with Gasteiger partial charge in [0.2, 0.25) is 0 Å². The predicted molar refractivity (Wildman–Crippen MR) is 73.7 cm³/mol. The Labute approximate surface area is 110 Å². The molecule has 0 heterocycles. The van der Waals surface area contributed by atoms with Gasteiger partial charge in [0.15, 0.2) is 0 Å². The van der Waals surface area contributed by atoms with Crippen molar-refractivity contribution in [3.8, 4) is 6.07 Å². The third-order valence-corrected chi connectivity index (χ3v) is 4.25. The van der Waals surface area contributed by atoms with Crippen molar-refractivity contribution >= 4 is 0 Å². The molecule has 0 saturated heterocycles. The van der Waals surface area contributed by atoms with Gasteiger partial charge in [-0.25, -0.2) is 0 Å². The molecular weight excluding hydrogens is 222 g/mol. The molecule has 18 heavy (non-hydrogen) atoms. The maximum Gasteiger partial charge on any atom is 0.0950 e. The largest absolute Gasteiger partial charge is 0.329 e. The molecule has 1 fully saturated rings. The van der Waals surface area contributed by atoms with E-state index in [4.69, 9.17) is 5.73 Å². The number of rotatable bonds is 4. The second kappa shape index (κ2) is 6.72. The quantitative estimate of drug-likeness (QED) is 0.797. The van der Waals surface area contributed by atoms with Gasteiger partial charge in [-0.2, -0.15) is 5.26 Å². The van der Waals surface area contributed by atoms with Gasteiger partial charge in [0.25, 0.3) is 0 Å². The van der Waals surface area contributed by atoms with Gasteiger partial charge >= 0.3 is 0 Å². The van der Waals surface area contributed by atoms with Gasteiger partial charge in [0.1, 0.15) is 0 Å². The lowest BCUT2D eigenvalue weighted by molar-refractivity contribution is 0.241. The molecule has 2 rings (SSSR count). The smallest absolute Gasteiger partial charge is 0.0950 e. The first-order chi connectivity index (χ1) is 8.85. The molecule has 1 unspecified atom stereocenters. The van der Waals surface area contributed by atoms with E-state index >= 15 is 0 Å². The van der Waals surface area contributed by atoms with E-state index in [1.165, 1.54) is 25.7 Å². The third-order valence-electron chi connectivity index (χ3n) is 4.25. The van der Waals surface area contributed by atoms with E-state index < -0.39 is 0 Å². The Balaban J connectivity index is 1.85. The van der Waals surface area contributed by atoms with Gasteiger partial charge in [-0.1, -0.05) is 12.2 Å². The second-order valence-corrected chi connectivity index (χ2v) is 5.36. The molecule has 1 saturated carbocycles. The number of nitrogens with zero attached hydrogens (tertiary/aromatic N) is 1. The lowest BCUT2D eigenvalue weighted by Gasteiger charge is -2.34. The lowest BCUT2D eigenvalue weighted by Crippen LogP contribution is -2.37. The Kier molecular flexibility index (Phi) is 4.98. The first-order valence-electron chi connectivity index (χ1n) is 7.05. The zero-order valence-electron chi connectivity index (χ0n) is 10.9. The highest BCUT2D eigenvalue weighted by Gasteiger charge is 2.29. The van der Waals surface area contributed by atoms with Crippen molar-refractivity contribution in [3.05, 3.63) is 23.8 Å². The van der Waals surface area contributed by atoms with Crippen LogP contribution in [0.1, 0.15) is 32.1 Å². The third kappa shape index (κ3) is 3.22. The summed E-state index contributed by atoms with van der Waals surface area (Å²) in [5, 5.41) is 12.7. The highest BCUT2D eigenvalue weighted by molar-refractivity contribution is 5.32. The summed E-state index contributed by atoms with van der Waals surface area (Å²) in [6, 6.07) is 3.01. The van der Waals surface area contributed by atoms with Crippen LogP contribution in [0.3, 0.4) is 0 Å². The van der Waals surface area contributed by atoms with E-state index in [2.05, 4.69) is 17.5 Å². The molecule has 0 spiro atoms. The summed E-state index contributed by atoms with van der Waals surface area (Å²) in [6.07, 6.45) is 12.2. The molecule has 0 aromatic heterocycles. The van der Waals surface area contributed by atoms with Crippen LogP contribution in [-0.4, -0.2) is 19.1 Å². The molecule has 0 aromatic rings. The molecule has 2 aliphatic rings. The summed E-state index contributed by atoms with van der Waals surface area (Å²) in [5.41, 5.74) is 6.49. The minimum absolute atomic E-state index is 0.468. The summed E-state index contributed by atoms with van der Waals surface area (Å²) in [5.74, 6) is 1.16. The van der Waals surface area contributed by atoms with Crippen molar-refractivity contribution in [3.63, 3.8) is 0 Å². The Morgan fingerprint density at radius 3 is 2.78 bits per heavy atom. The zero-order valence-corrected chi connectivity index (χ0v) is 10.9. The summed E-state index contributed by atoms with van der Waals surface area (Å²) < 4.78 is 0. The van der Waals surface area contributed by atoms with Crippen LogP contribution in [-0.2, 0) is 0 Å². The van der Waals surface area contributed by atoms with Gasteiger partial charge in [-0.05, 0) is 44.1 Å². The van der Waals surface area contributed by atoms with Crippen LogP contribution in [0.4, 0.5) is 0 Å². The first-order valence-corrected chi connectivity index (χ1v) is 7.05. The van der Waals surface area contributed by atoms with Gasteiger partial charge < -0.3 is 11.1 Å². The van der Waals surface area contributed by atoms with Crippen LogP contribution in [0.25, 0.3) is 0 Å². The van der Waals surface area contributed by atoms with E-state index in [0.717, 1.165) is 18.5 Å². The van der Waals surface area contributed by atoms with E-state index in [-0.39, 0.29) is 0 Å². The van der Waals surface area contributed by atoms with E-state index in [1.807, 2.05) is 12.2 Å². The molecule has 0 aliphatic heterocycles. The van der Waals surface area contributed by atoms with E-state index in [1.54, 1.807) is 0 Å². The van der Waals surface area contributed by atoms with Gasteiger partial charge in [-0.3, -0.25) is 0 Å². The van der Waals surface area contributed by atoms with Gasteiger partial charge in [-0.15, -0.1) is 0 Å². The van der Waals surface area contributed by atoms with Crippen LogP contribution in [0.15, 0.2) is 23.8 Å². The van der Waals surface area contributed by atoms with Gasteiger partial charge in [0.05, 0.1) is 6.07 Å². The molecule has 0 bridgehead atoms. The van der Waals surface area contributed by atoms with Crippen molar-refractivity contribution in [2.75, 3.05) is 13.1 Å². The molecule has 0 radical (unpaired) electrons. The normalized spacial score (nSPS) is 31.8. The molecule has 0 aromatic carbocycles. The Morgan fingerprint density at radius 2 is 2.11 bits per heavy atom. The van der Waals surface area contributed by atoms with Crippen LogP contribution < -0.4 is 11.1 Å². The summed E-state index contributed by atoms with van der Waals surface area (Å²) >= 11 is 0. The number of nitriles is 1. The maximum absolute atomic E-state index is 9.18. The molecule has 0 amide bonds. The van der Waals surface area contributed by atoms with E-state index in [9.17, 15) is 5.26 Å². The maximum atomic E-state index is 9.18. The molecular formula is C15H23N3. The van der Waals surface area contributed by atoms with Crippen molar-refractivity contribution in [2.24, 2.45) is 17.6 Å². The van der Waals surface area contributed by atoms with Crippen molar-refractivity contribution < 1.29 is 0 Å². The van der Waals surface area contributed by atoms with Crippen molar-refractivity contribution in [1.29, 1.82) is 5.26 Å². The molecule has 2 aliphatic carbocycles. The van der Waals surface area contributed by atoms with Crippen molar-refractivity contribution in [2.45, 2.75) is 38.1 Å². The molecule has 1 atom stereocenters. The Bertz CT molecular complexity index is 356. The SMILES string of the molecule is N#CC1=CC=CCC1C1CCC(NCCN)CC1. The Morgan fingerprint density at radius 1 is 1.33 bits per heavy atom. The fourth-order valence-corrected chi connectivity index (χ4v) is 3.23. The number of nitrogens with two attached hydrogens (primary N) is 1. The number of hydrogen-bond donors (Lipinski definition) is 2. The molecule has 98 valence electrons. The minimum atomic E-state index is 0.468. The topological polar surface area (TPSA) is 61.8 Å². The predicted octanol–water partition coefficient (Wildman–Crippen LogP) is 2.12. The highest BCUT2D eigenvalue weighted by atomic mass is 14.9. The summed E-state index contributed by atoms with van der Waals surface area (Å²) in [6.45, 7) is 1.64. The second-order valence-electron chi connectivity index (χ2n) is 5.36. The average molecular weight is 245 g/mol. The molecule has 3 heteroatoms.